The Kier molecular flexibility index (Phi) is 2.60. The van der Waals surface area contributed by atoms with E-state index in [4.69, 9.17) is 5.73 Å². The monoisotopic (exact) mass is 274 g/mol. The average Bonchev–Trinajstić information content (AvgIpc) is 2.93. The molecule has 0 bridgehead atoms. The molecule has 4 heteroatoms. The molecule has 102 valence electrons. The molecule has 0 saturated heterocycles. The fraction of sp³-hybridized carbons (Fsp3) is 0.0588. The molecular formula is C17H14N4. The van der Waals surface area contributed by atoms with Gasteiger partial charge in [0, 0.05) is 12.6 Å². The van der Waals surface area contributed by atoms with Crippen LogP contribution in [0.15, 0.2) is 60.8 Å². The minimum Gasteiger partial charge on any atom is -0.381 e. The summed E-state index contributed by atoms with van der Waals surface area (Å²) in [7, 11) is 0. The van der Waals surface area contributed by atoms with Crippen molar-refractivity contribution in [1.29, 1.82) is 0 Å². The van der Waals surface area contributed by atoms with E-state index in [-0.39, 0.29) is 0 Å². The largest absolute Gasteiger partial charge is 0.381 e. The number of nitrogens with zero attached hydrogens (tertiary/aromatic N) is 3. The predicted molar refractivity (Wildman–Crippen MR) is 84.2 cm³/mol. The zero-order valence-electron chi connectivity index (χ0n) is 11.4. The Bertz CT molecular complexity index is 925. The predicted octanol–water partition coefficient (Wildman–Crippen LogP) is 3.06. The van der Waals surface area contributed by atoms with Gasteiger partial charge in [-0.2, -0.15) is 0 Å². The van der Waals surface area contributed by atoms with Crippen LogP contribution >= 0.6 is 0 Å². The van der Waals surface area contributed by atoms with Gasteiger partial charge in [0.2, 0.25) is 0 Å². The first kappa shape index (κ1) is 11.9. The van der Waals surface area contributed by atoms with Crippen molar-refractivity contribution >= 4 is 22.5 Å². The van der Waals surface area contributed by atoms with Gasteiger partial charge in [-0.25, -0.2) is 9.97 Å². The van der Waals surface area contributed by atoms with Crippen LogP contribution in [0.5, 0.6) is 0 Å². The standard InChI is InChI=1S/C17H14N4/c18-16-17-19-13(10-12-6-2-1-3-7-12)11-21(17)15-9-5-4-8-14(15)20-16/h1-9,11H,10H2,(H2,18,20). The maximum atomic E-state index is 6.03. The van der Waals surface area contributed by atoms with Crippen LogP contribution in [0.25, 0.3) is 16.7 Å². The van der Waals surface area contributed by atoms with E-state index in [0.717, 1.165) is 28.8 Å². The molecule has 4 nitrogen and oxygen atoms in total. The van der Waals surface area contributed by atoms with Crippen LogP contribution in [0, 0.1) is 0 Å². The maximum Gasteiger partial charge on any atom is 0.180 e. The molecule has 21 heavy (non-hydrogen) atoms. The second kappa shape index (κ2) is 4.59. The van der Waals surface area contributed by atoms with Crippen LogP contribution in [0.4, 0.5) is 5.82 Å². The molecule has 0 radical (unpaired) electrons. The maximum absolute atomic E-state index is 6.03. The van der Waals surface area contributed by atoms with Gasteiger partial charge in [0.15, 0.2) is 11.5 Å². The second-order valence-corrected chi connectivity index (χ2v) is 5.07. The number of aromatic nitrogens is 3. The summed E-state index contributed by atoms with van der Waals surface area (Å²) in [5.41, 5.74) is 10.9. The van der Waals surface area contributed by atoms with E-state index in [1.54, 1.807) is 0 Å². The molecule has 2 aromatic heterocycles. The first-order valence-corrected chi connectivity index (χ1v) is 6.87. The summed E-state index contributed by atoms with van der Waals surface area (Å²) in [5, 5.41) is 0. The minimum absolute atomic E-state index is 0.466. The molecule has 0 atom stereocenters. The highest BCUT2D eigenvalue weighted by molar-refractivity contribution is 5.82. The van der Waals surface area contributed by atoms with Gasteiger partial charge in [-0.15, -0.1) is 0 Å². The van der Waals surface area contributed by atoms with E-state index in [1.165, 1.54) is 5.56 Å². The Labute approximate surface area is 121 Å². The molecule has 0 aliphatic heterocycles. The van der Waals surface area contributed by atoms with E-state index in [9.17, 15) is 0 Å². The van der Waals surface area contributed by atoms with Crippen LogP contribution in [-0.2, 0) is 6.42 Å². The quantitative estimate of drug-likeness (QED) is 0.611. The highest BCUT2D eigenvalue weighted by atomic mass is 15.1. The molecule has 4 aromatic rings. The molecule has 0 spiro atoms. The van der Waals surface area contributed by atoms with Crippen molar-refractivity contribution in [3.05, 3.63) is 72.1 Å². The van der Waals surface area contributed by atoms with E-state index in [2.05, 4.69) is 22.1 Å². The lowest BCUT2D eigenvalue weighted by molar-refractivity contribution is 1.12. The van der Waals surface area contributed by atoms with E-state index in [0.29, 0.717) is 5.82 Å². The summed E-state index contributed by atoms with van der Waals surface area (Å²) in [6, 6.07) is 18.2. The number of hydrogen-bond donors (Lipinski definition) is 1. The van der Waals surface area contributed by atoms with Crippen LogP contribution in [0.2, 0.25) is 0 Å². The Morgan fingerprint density at radius 2 is 1.67 bits per heavy atom. The van der Waals surface area contributed by atoms with Crippen molar-refractivity contribution in [3.63, 3.8) is 0 Å². The lowest BCUT2D eigenvalue weighted by Crippen LogP contribution is -1.97. The van der Waals surface area contributed by atoms with Gasteiger partial charge < -0.3 is 5.73 Å². The lowest BCUT2D eigenvalue weighted by atomic mass is 10.1. The number of nitrogens with two attached hydrogens (primary N) is 1. The molecule has 0 saturated carbocycles. The Morgan fingerprint density at radius 3 is 2.52 bits per heavy atom. The molecule has 2 N–H and O–H groups in total. The number of fused-ring (bicyclic) bond motifs is 3. The summed E-state index contributed by atoms with van der Waals surface area (Å²) < 4.78 is 2.02. The minimum atomic E-state index is 0.466. The molecule has 0 unspecified atom stereocenters. The Balaban J connectivity index is 1.89. The number of benzene rings is 2. The zero-order valence-corrected chi connectivity index (χ0v) is 11.4. The molecule has 4 rings (SSSR count). The average molecular weight is 274 g/mol. The molecular weight excluding hydrogens is 260 g/mol. The van der Waals surface area contributed by atoms with Crippen molar-refractivity contribution in [3.8, 4) is 0 Å². The van der Waals surface area contributed by atoms with Crippen molar-refractivity contribution in [1.82, 2.24) is 14.4 Å². The molecule has 2 aromatic carbocycles. The summed E-state index contributed by atoms with van der Waals surface area (Å²) in [5.74, 6) is 0.466. The summed E-state index contributed by atoms with van der Waals surface area (Å²) in [6.45, 7) is 0. The highest BCUT2D eigenvalue weighted by Gasteiger charge is 2.10. The molecule has 2 heterocycles. The number of imidazole rings is 1. The normalized spacial score (nSPS) is 11.2. The van der Waals surface area contributed by atoms with Crippen molar-refractivity contribution in [2.45, 2.75) is 6.42 Å². The van der Waals surface area contributed by atoms with Crippen LogP contribution in [0.3, 0.4) is 0 Å². The number of para-hydroxylation sites is 2. The van der Waals surface area contributed by atoms with Crippen LogP contribution in [0.1, 0.15) is 11.3 Å². The van der Waals surface area contributed by atoms with Crippen molar-refractivity contribution in [2.75, 3.05) is 5.73 Å². The van der Waals surface area contributed by atoms with Gasteiger partial charge in [-0.05, 0) is 17.7 Å². The van der Waals surface area contributed by atoms with Gasteiger partial charge in [0.1, 0.15) is 0 Å². The highest BCUT2D eigenvalue weighted by Crippen LogP contribution is 2.20. The van der Waals surface area contributed by atoms with Gasteiger partial charge >= 0.3 is 0 Å². The first-order chi connectivity index (χ1) is 10.3. The van der Waals surface area contributed by atoms with Crippen LogP contribution < -0.4 is 5.73 Å². The van der Waals surface area contributed by atoms with Gasteiger partial charge in [-0.1, -0.05) is 42.5 Å². The summed E-state index contributed by atoms with van der Waals surface area (Å²) in [6.07, 6.45) is 2.83. The number of hydrogen-bond acceptors (Lipinski definition) is 3. The third kappa shape index (κ3) is 2.01. The molecule has 0 aliphatic rings. The third-order valence-corrected chi connectivity index (χ3v) is 3.60. The van der Waals surface area contributed by atoms with E-state index >= 15 is 0 Å². The second-order valence-electron chi connectivity index (χ2n) is 5.07. The van der Waals surface area contributed by atoms with Gasteiger partial charge in [-0.3, -0.25) is 4.40 Å². The third-order valence-electron chi connectivity index (χ3n) is 3.60. The Morgan fingerprint density at radius 1 is 0.905 bits per heavy atom. The summed E-state index contributed by atoms with van der Waals surface area (Å²) >= 11 is 0. The van der Waals surface area contributed by atoms with Crippen LogP contribution in [-0.4, -0.2) is 14.4 Å². The van der Waals surface area contributed by atoms with Crippen molar-refractivity contribution < 1.29 is 0 Å². The smallest absolute Gasteiger partial charge is 0.180 e. The topological polar surface area (TPSA) is 56.2 Å². The van der Waals surface area contributed by atoms with Crippen molar-refractivity contribution in [2.24, 2.45) is 0 Å². The molecule has 0 amide bonds. The molecule has 0 aliphatic carbocycles. The first-order valence-electron chi connectivity index (χ1n) is 6.87. The zero-order chi connectivity index (χ0) is 14.2. The number of anilines is 1. The SMILES string of the molecule is Nc1nc2ccccc2n2cc(Cc3ccccc3)nc12. The van der Waals surface area contributed by atoms with E-state index in [1.807, 2.05) is 53.1 Å². The number of rotatable bonds is 2. The van der Waals surface area contributed by atoms with Gasteiger partial charge in [0.05, 0.1) is 16.7 Å². The Hall–Kier alpha value is -2.88. The molecule has 0 fully saturated rings. The fourth-order valence-corrected chi connectivity index (χ4v) is 2.63. The van der Waals surface area contributed by atoms with E-state index < -0.39 is 0 Å². The van der Waals surface area contributed by atoms with Gasteiger partial charge in [0.25, 0.3) is 0 Å². The fourth-order valence-electron chi connectivity index (χ4n) is 2.63. The summed E-state index contributed by atoms with van der Waals surface area (Å²) in [4.78, 5) is 9.05. The number of nitrogen functional groups attached to an aromatic ring is 1. The lowest BCUT2D eigenvalue weighted by Gasteiger charge is -2.02.